The number of piperidine rings is 1. The molecule has 1 N–H and O–H groups in total. The summed E-state index contributed by atoms with van der Waals surface area (Å²) in [4.78, 5) is 28.9. The van der Waals surface area contributed by atoms with Gasteiger partial charge in [0.1, 0.15) is 6.04 Å². The number of amidine groups is 1. The van der Waals surface area contributed by atoms with Crippen LogP contribution in [0.4, 0.5) is 0 Å². The molecule has 0 saturated carbocycles. The number of aliphatic imine (C=N–C) groups is 1. The number of carbonyl (C=O) groups excluding carboxylic acids is 2. The molecule has 2 atom stereocenters. The summed E-state index contributed by atoms with van der Waals surface area (Å²) in [5.74, 6) is 0.672. The van der Waals surface area contributed by atoms with Crippen LogP contribution in [0.3, 0.4) is 0 Å². The molecule has 2 rings (SSSR count). The number of likely N-dealkylation sites (tertiary alicyclic amines) is 1. The number of rotatable bonds is 2. The van der Waals surface area contributed by atoms with Crippen molar-refractivity contribution in [3.05, 3.63) is 0 Å². The summed E-state index contributed by atoms with van der Waals surface area (Å²) < 4.78 is 0. The Morgan fingerprint density at radius 2 is 2.28 bits per heavy atom. The molecular formula is C12H19N3O2S. The predicted molar refractivity (Wildman–Crippen MR) is 72.5 cm³/mol. The molecular weight excluding hydrogens is 250 g/mol. The van der Waals surface area contributed by atoms with E-state index in [2.05, 4.69) is 24.2 Å². The average Bonchev–Trinajstić information content (AvgIpc) is 2.73. The van der Waals surface area contributed by atoms with Gasteiger partial charge in [-0.1, -0.05) is 18.7 Å². The molecule has 100 valence electrons. The third-order valence-corrected chi connectivity index (χ3v) is 4.87. The summed E-state index contributed by atoms with van der Waals surface area (Å²) in [6.07, 6.45) is 1.95. The van der Waals surface area contributed by atoms with E-state index in [1.54, 1.807) is 11.8 Å². The van der Waals surface area contributed by atoms with E-state index >= 15 is 0 Å². The lowest BCUT2D eigenvalue weighted by atomic mass is 10.0. The van der Waals surface area contributed by atoms with E-state index in [1.807, 2.05) is 0 Å². The van der Waals surface area contributed by atoms with Gasteiger partial charge in [-0.25, -0.2) is 4.99 Å². The zero-order valence-electron chi connectivity index (χ0n) is 11.0. The monoisotopic (exact) mass is 269 g/mol. The van der Waals surface area contributed by atoms with Crippen LogP contribution in [0.5, 0.6) is 0 Å². The highest BCUT2D eigenvalue weighted by atomic mass is 32.2. The Morgan fingerprint density at radius 3 is 2.89 bits per heavy atom. The minimum Gasteiger partial charge on any atom is -0.359 e. The van der Waals surface area contributed by atoms with Crippen LogP contribution >= 0.6 is 11.8 Å². The lowest BCUT2D eigenvalue weighted by Crippen LogP contribution is -2.45. The van der Waals surface area contributed by atoms with Gasteiger partial charge >= 0.3 is 0 Å². The van der Waals surface area contributed by atoms with Crippen molar-refractivity contribution in [2.24, 2.45) is 4.99 Å². The standard InChI is InChI=1S/C12H19N3O2S/c1-4-12(2)7-18-11(14-12)13-8-5-6-9(16)15(3)10(8)17/h8H,4-7H2,1-3H3,(H,13,14). The van der Waals surface area contributed by atoms with Crippen molar-refractivity contribution in [3.8, 4) is 0 Å². The van der Waals surface area contributed by atoms with Gasteiger partial charge in [-0.05, 0) is 19.8 Å². The molecule has 2 heterocycles. The van der Waals surface area contributed by atoms with Crippen LogP contribution < -0.4 is 5.32 Å². The first-order valence-corrected chi connectivity index (χ1v) is 7.23. The van der Waals surface area contributed by atoms with Gasteiger partial charge in [-0.2, -0.15) is 0 Å². The van der Waals surface area contributed by atoms with Crippen molar-refractivity contribution in [3.63, 3.8) is 0 Å². The van der Waals surface area contributed by atoms with Crippen molar-refractivity contribution >= 4 is 28.7 Å². The Bertz CT molecular complexity index is 410. The fourth-order valence-electron chi connectivity index (χ4n) is 1.98. The van der Waals surface area contributed by atoms with Crippen molar-refractivity contribution in [2.75, 3.05) is 12.8 Å². The maximum absolute atomic E-state index is 11.9. The number of likely N-dealkylation sites (N-methyl/N-ethyl adjacent to an activating group) is 1. The Balaban J connectivity index is 2.06. The summed E-state index contributed by atoms with van der Waals surface area (Å²) in [5.41, 5.74) is 0.0724. The Hall–Kier alpha value is -1.04. The fourth-order valence-corrected chi connectivity index (χ4v) is 3.23. The summed E-state index contributed by atoms with van der Waals surface area (Å²) >= 11 is 1.65. The third kappa shape index (κ3) is 2.53. The van der Waals surface area contributed by atoms with Crippen molar-refractivity contribution in [2.45, 2.75) is 44.7 Å². The molecule has 2 aliphatic heterocycles. The molecule has 2 saturated heterocycles. The third-order valence-electron chi connectivity index (χ3n) is 3.61. The van der Waals surface area contributed by atoms with Gasteiger partial charge in [0.05, 0.1) is 0 Å². The highest BCUT2D eigenvalue weighted by molar-refractivity contribution is 8.14. The van der Waals surface area contributed by atoms with E-state index in [1.165, 1.54) is 11.9 Å². The lowest BCUT2D eigenvalue weighted by molar-refractivity contribution is -0.147. The van der Waals surface area contributed by atoms with Crippen LogP contribution in [-0.2, 0) is 9.59 Å². The molecule has 18 heavy (non-hydrogen) atoms. The van der Waals surface area contributed by atoms with Crippen molar-refractivity contribution < 1.29 is 9.59 Å². The molecule has 5 nitrogen and oxygen atoms in total. The second kappa shape index (κ2) is 4.91. The first kappa shape index (κ1) is 13.4. The first-order chi connectivity index (χ1) is 8.45. The number of carbonyl (C=O) groups is 2. The summed E-state index contributed by atoms with van der Waals surface area (Å²) in [6, 6.07) is -0.401. The summed E-state index contributed by atoms with van der Waals surface area (Å²) in [6.45, 7) is 4.29. The van der Waals surface area contributed by atoms with Gasteiger partial charge in [0.25, 0.3) is 5.91 Å². The maximum atomic E-state index is 11.9. The first-order valence-electron chi connectivity index (χ1n) is 6.24. The molecule has 0 aliphatic carbocycles. The van der Waals surface area contributed by atoms with Crippen LogP contribution in [0.1, 0.15) is 33.1 Å². The molecule has 2 unspecified atom stereocenters. The second-order valence-corrected chi connectivity index (χ2v) is 6.07. The van der Waals surface area contributed by atoms with Crippen LogP contribution in [0, 0.1) is 0 Å². The van der Waals surface area contributed by atoms with E-state index in [0.29, 0.717) is 12.8 Å². The zero-order valence-corrected chi connectivity index (χ0v) is 11.8. The number of hydrogen-bond donors (Lipinski definition) is 1. The smallest absolute Gasteiger partial charge is 0.253 e. The molecule has 0 radical (unpaired) electrons. The minimum absolute atomic E-state index is 0.0724. The Labute approximate surface area is 111 Å². The largest absolute Gasteiger partial charge is 0.359 e. The van der Waals surface area contributed by atoms with Crippen LogP contribution in [0.2, 0.25) is 0 Å². The van der Waals surface area contributed by atoms with Crippen LogP contribution in [-0.4, -0.2) is 46.3 Å². The number of nitrogens with zero attached hydrogens (tertiary/aromatic N) is 2. The van der Waals surface area contributed by atoms with Gasteiger partial charge in [0.15, 0.2) is 5.17 Å². The SMILES string of the molecule is CCC1(C)CSC(=NC2CCC(=O)N(C)C2=O)N1. The van der Waals surface area contributed by atoms with Gasteiger partial charge in [-0.15, -0.1) is 0 Å². The predicted octanol–water partition coefficient (Wildman–Crippen LogP) is 0.995. The Kier molecular flexibility index (Phi) is 3.66. The molecule has 2 fully saturated rings. The molecule has 0 aromatic heterocycles. The average molecular weight is 269 g/mol. The second-order valence-electron chi connectivity index (χ2n) is 5.11. The highest BCUT2D eigenvalue weighted by Crippen LogP contribution is 2.27. The molecule has 2 aliphatic rings. The van der Waals surface area contributed by atoms with Gasteiger partial charge in [0, 0.05) is 24.8 Å². The quantitative estimate of drug-likeness (QED) is 0.760. The minimum atomic E-state index is -0.401. The molecule has 0 aromatic carbocycles. The van der Waals surface area contributed by atoms with E-state index in [4.69, 9.17) is 0 Å². The molecule has 0 bridgehead atoms. The van der Waals surface area contributed by atoms with E-state index < -0.39 is 6.04 Å². The molecule has 0 aromatic rings. The van der Waals surface area contributed by atoms with E-state index in [0.717, 1.165) is 17.3 Å². The molecule has 2 amide bonds. The number of thioether (sulfide) groups is 1. The number of imide groups is 1. The van der Waals surface area contributed by atoms with Gasteiger partial charge in [-0.3, -0.25) is 14.5 Å². The molecule has 0 spiro atoms. The molecule has 6 heteroatoms. The maximum Gasteiger partial charge on any atom is 0.253 e. The topological polar surface area (TPSA) is 61.8 Å². The normalized spacial score (nSPS) is 35.2. The highest BCUT2D eigenvalue weighted by Gasteiger charge is 2.35. The van der Waals surface area contributed by atoms with E-state index in [-0.39, 0.29) is 17.4 Å². The van der Waals surface area contributed by atoms with Crippen LogP contribution in [0.15, 0.2) is 4.99 Å². The summed E-state index contributed by atoms with van der Waals surface area (Å²) in [7, 11) is 1.53. The van der Waals surface area contributed by atoms with Crippen LogP contribution in [0.25, 0.3) is 0 Å². The lowest BCUT2D eigenvalue weighted by Gasteiger charge is -2.26. The Morgan fingerprint density at radius 1 is 1.56 bits per heavy atom. The van der Waals surface area contributed by atoms with E-state index in [9.17, 15) is 9.59 Å². The fraction of sp³-hybridized carbons (Fsp3) is 0.750. The number of hydrogen-bond acceptors (Lipinski definition) is 4. The number of nitrogens with one attached hydrogen (secondary N) is 1. The van der Waals surface area contributed by atoms with Crippen molar-refractivity contribution in [1.82, 2.24) is 10.2 Å². The number of amides is 2. The zero-order chi connectivity index (χ0) is 13.3. The van der Waals surface area contributed by atoms with Gasteiger partial charge in [0.2, 0.25) is 5.91 Å². The summed E-state index contributed by atoms with van der Waals surface area (Å²) in [5, 5.41) is 4.20. The van der Waals surface area contributed by atoms with Gasteiger partial charge < -0.3 is 5.32 Å². The van der Waals surface area contributed by atoms with Crippen molar-refractivity contribution in [1.29, 1.82) is 0 Å².